The molecule has 274 valence electrons. The zero-order chi connectivity index (χ0) is 38.9. The number of benzene rings is 7. The molecule has 0 spiro atoms. The van der Waals surface area contributed by atoms with Gasteiger partial charge >= 0.3 is 0 Å². The summed E-state index contributed by atoms with van der Waals surface area (Å²) in [4.78, 5) is 19.9. The van der Waals surface area contributed by atoms with Crippen LogP contribution in [-0.4, -0.2) is 19.9 Å². The summed E-state index contributed by atoms with van der Waals surface area (Å²) in [6.45, 7) is 0. The van der Waals surface area contributed by atoms with E-state index in [1.165, 1.54) is 52.5 Å². The van der Waals surface area contributed by atoms with E-state index in [0.717, 1.165) is 67.2 Å². The molecule has 0 fully saturated rings. The Hall–Kier alpha value is -7.60. The Kier molecular flexibility index (Phi) is 7.68. The highest BCUT2D eigenvalue weighted by Crippen LogP contribution is 2.46. The van der Waals surface area contributed by atoms with Crippen LogP contribution in [0.3, 0.4) is 0 Å². The van der Waals surface area contributed by atoms with Gasteiger partial charge in [0.05, 0.1) is 34.0 Å². The second kappa shape index (κ2) is 13.5. The Morgan fingerprint density at radius 2 is 0.881 bits per heavy atom. The van der Waals surface area contributed by atoms with Crippen molar-refractivity contribution in [2.24, 2.45) is 0 Å². The van der Waals surface area contributed by atoms with Crippen molar-refractivity contribution in [3.8, 4) is 56.3 Å². The SMILES string of the molecule is c1ccc(-c2cc(-c3ccc(-c4cccc5c4nc(-c4ccc6c7ccccc7c7ccccc7c6c4)c4c6ccccc6sc54)cc3)cc(-c3ccccn3)n2)nc1. The first-order valence-corrected chi connectivity index (χ1v) is 20.6. The number of hydrogen-bond donors (Lipinski definition) is 0. The fraction of sp³-hybridized carbons (Fsp3) is 0. The molecule has 0 bridgehead atoms. The van der Waals surface area contributed by atoms with Crippen LogP contribution in [0.2, 0.25) is 0 Å². The van der Waals surface area contributed by atoms with Crippen LogP contribution in [0.4, 0.5) is 0 Å². The number of thiophene rings is 1. The standard InChI is InChI=1S/C54H32N4S/c1-2-14-40-38(12-1)39-13-3-4-15-41(39)45-30-35(26-27-42(40)45)52-51-43-16-5-6-21-50(43)59-54(51)44-18-11-17-37(53(44)58-52)34-24-22-33(23-25-34)36-31-48(46-19-7-9-28-55-46)57-49(32-36)47-20-8-10-29-56-47/h1-32H. The lowest BCUT2D eigenvalue weighted by Gasteiger charge is -2.14. The summed E-state index contributed by atoms with van der Waals surface area (Å²) in [5, 5.41) is 11.2. The third-order valence-corrected chi connectivity index (χ3v) is 12.8. The minimum atomic E-state index is 0.806. The predicted octanol–water partition coefficient (Wildman–Crippen LogP) is 14.6. The number of hydrogen-bond acceptors (Lipinski definition) is 5. The number of fused-ring (bicyclic) bond motifs is 11. The fourth-order valence-corrected chi connectivity index (χ4v) is 10.0. The number of nitrogens with zero attached hydrogens (tertiary/aromatic N) is 4. The first-order valence-electron chi connectivity index (χ1n) is 19.8. The Balaban J connectivity index is 1.05. The molecule has 0 atom stereocenters. The van der Waals surface area contributed by atoms with Crippen molar-refractivity contribution in [2.75, 3.05) is 0 Å². The maximum atomic E-state index is 5.68. The summed E-state index contributed by atoms with van der Waals surface area (Å²) >= 11 is 1.85. The van der Waals surface area contributed by atoms with Crippen LogP contribution in [0.25, 0.3) is 120 Å². The quantitative estimate of drug-likeness (QED) is 0.164. The molecular weight excluding hydrogens is 737 g/mol. The molecule has 0 unspecified atom stereocenters. The van der Waals surface area contributed by atoms with Crippen LogP contribution in [0.1, 0.15) is 0 Å². The van der Waals surface area contributed by atoms with Crippen molar-refractivity contribution in [2.45, 2.75) is 0 Å². The van der Waals surface area contributed by atoms with Crippen molar-refractivity contribution in [1.29, 1.82) is 0 Å². The molecule has 0 aliphatic carbocycles. The highest BCUT2D eigenvalue weighted by Gasteiger charge is 2.20. The van der Waals surface area contributed by atoms with E-state index in [9.17, 15) is 0 Å². The molecule has 0 aliphatic rings. The van der Waals surface area contributed by atoms with Gasteiger partial charge in [-0.1, -0.05) is 133 Å². The molecule has 0 radical (unpaired) electrons. The molecule has 5 heteroatoms. The maximum absolute atomic E-state index is 5.68. The summed E-state index contributed by atoms with van der Waals surface area (Å²) in [7, 11) is 0. The smallest absolute Gasteiger partial charge is 0.0900 e. The highest BCUT2D eigenvalue weighted by molar-refractivity contribution is 7.26. The van der Waals surface area contributed by atoms with Crippen molar-refractivity contribution >= 4 is 74.7 Å². The Bertz CT molecular complexity index is 3500. The normalized spacial score (nSPS) is 11.7. The molecule has 0 N–H and O–H groups in total. The minimum Gasteiger partial charge on any atom is -0.255 e. The lowest BCUT2D eigenvalue weighted by molar-refractivity contribution is 1.22. The molecular formula is C54H32N4S. The summed E-state index contributed by atoms with van der Waals surface area (Å²) in [6, 6.07) is 64.7. The molecule has 4 nitrogen and oxygen atoms in total. The van der Waals surface area contributed by atoms with Gasteiger partial charge in [0.1, 0.15) is 0 Å². The summed E-state index contributed by atoms with van der Waals surface area (Å²) in [5.41, 5.74) is 10.7. The molecule has 12 rings (SSSR count). The molecule has 0 saturated heterocycles. The topological polar surface area (TPSA) is 51.6 Å². The first-order chi connectivity index (χ1) is 29.2. The number of para-hydroxylation sites is 1. The van der Waals surface area contributed by atoms with Crippen molar-refractivity contribution in [3.05, 3.63) is 194 Å². The van der Waals surface area contributed by atoms with E-state index in [4.69, 9.17) is 9.97 Å². The van der Waals surface area contributed by atoms with Crippen molar-refractivity contribution in [3.63, 3.8) is 0 Å². The van der Waals surface area contributed by atoms with Gasteiger partial charge in [-0.3, -0.25) is 9.97 Å². The first kappa shape index (κ1) is 33.5. The summed E-state index contributed by atoms with van der Waals surface area (Å²) < 4.78 is 2.52. The van der Waals surface area contributed by atoms with Crippen LogP contribution in [0, 0.1) is 0 Å². The van der Waals surface area contributed by atoms with Gasteiger partial charge in [0.2, 0.25) is 0 Å². The van der Waals surface area contributed by atoms with E-state index in [0.29, 0.717) is 0 Å². The maximum Gasteiger partial charge on any atom is 0.0900 e. The second-order valence-electron chi connectivity index (χ2n) is 14.9. The average molecular weight is 769 g/mol. The van der Waals surface area contributed by atoms with E-state index in [-0.39, 0.29) is 0 Å². The van der Waals surface area contributed by atoms with E-state index in [1.54, 1.807) is 12.4 Å². The zero-order valence-corrected chi connectivity index (χ0v) is 32.5. The Morgan fingerprint density at radius 3 is 1.53 bits per heavy atom. The Morgan fingerprint density at radius 1 is 0.339 bits per heavy atom. The monoisotopic (exact) mass is 768 g/mol. The van der Waals surface area contributed by atoms with Crippen molar-refractivity contribution < 1.29 is 0 Å². The summed E-state index contributed by atoms with van der Waals surface area (Å²) in [5.74, 6) is 0. The molecule has 0 saturated carbocycles. The minimum absolute atomic E-state index is 0.806. The average Bonchev–Trinajstić information content (AvgIpc) is 3.72. The third-order valence-electron chi connectivity index (χ3n) is 11.6. The van der Waals surface area contributed by atoms with E-state index >= 15 is 0 Å². The van der Waals surface area contributed by atoms with E-state index < -0.39 is 0 Å². The molecule has 5 heterocycles. The van der Waals surface area contributed by atoms with Crippen molar-refractivity contribution in [1.82, 2.24) is 19.9 Å². The summed E-state index contributed by atoms with van der Waals surface area (Å²) in [6.07, 6.45) is 3.61. The van der Waals surface area contributed by atoms with Gasteiger partial charge in [0, 0.05) is 49.1 Å². The van der Waals surface area contributed by atoms with Gasteiger partial charge in [-0.15, -0.1) is 11.3 Å². The molecule has 12 aromatic rings. The van der Waals surface area contributed by atoms with Gasteiger partial charge in [0.25, 0.3) is 0 Å². The van der Waals surface area contributed by atoms with Crippen LogP contribution in [0.15, 0.2) is 194 Å². The second-order valence-corrected chi connectivity index (χ2v) is 16.0. The highest BCUT2D eigenvalue weighted by atomic mass is 32.1. The fourth-order valence-electron chi connectivity index (χ4n) is 8.81. The Labute approximate surface area is 343 Å². The van der Waals surface area contributed by atoms with Crippen LogP contribution in [0.5, 0.6) is 0 Å². The lowest BCUT2D eigenvalue weighted by Crippen LogP contribution is -1.94. The third kappa shape index (κ3) is 5.51. The number of rotatable bonds is 5. The molecule has 59 heavy (non-hydrogen) atoms. The molecule has 0 aliphatic heterocycles. The molecule has 7 aromatic carbocycles. The lowest BCUT2D eigenvalue weighted by atomic mass is 9.92. The predicted molar refractivity (Wildman–Crippen MR) is 248 cm³/mol. The van der Waals surface area contributed by atoms with Gasteiger partial charge < -0.3 is 0 Å². The molecule has 5 aromatic heterocycles. The van der Waals surface area contributed by atoms with Gasteiger partial charge in [-0.25, -0.2) is 9.97 Å². The van der Waals surface area contributed by atoms with E-state index in [1.807, 2.05) is 47.7 Å². The molecule has 0 amide bonds. The van der Waals surface area contributed by atoms with Crippen LogP contribution in [-0.2, 0) is 0 Å². The number of aromatic nitrogens is 4. The van der Waals surface area contributed by atoms with Gasteiger partial charge in [-0.05, 0) is 97.5 Å². The van der Waals surface area contributed by atoms with Gasteiger partial charge in [0.15, 0.2) is 0 Å². The zero-order valence-electron chi connectivity index (χ0n) is 31.7. The van der Waals surface area contributed by atoms with Gasteiger partial charge in [-0.2, -0.15) is 0 Å². The van der Waals surface area contributed by atoms with Crippen LogP contribution >= 0.6 is 11.3 Å². The van der Waals surface area contributed by atoms with E-state index in [2.05, 4.69) is 156 Å². The van der Waals surface area contributed by atoms with Crippen LogP contribution < -0.4 is 0 Å². The largest absolute Gasteiger partial charge is 0.255 e. The number of pyridine rings is 4.